The first-order valence-corrected chi connectivity index (χ1v) is 9.68. The van der Waals surface area contributed by atoms with Crippen molar-refractivity contribution in [3.8, 4) is 11.3 Å². The van der Waals surface area contributed by atoms with Gasteiger partial charge in [0.1, 0.15) is 5.82 Å². The second-order valence-electron chi connectivity index (χ2n) is 6.76. The van der Waals surface area contributed by atoms with Gasteiger partial charge in [-0.05, 0) is 55.3 Å². The lowest BCUT2D eigenvalue weighted by Gasteiger charge is -2.15. The van der Waals surface area contributed by atoms with Crippen LogP contribution in [0.3, 0.4) is 0 Å². The van der Waals surface area contributed by atoms with Crippen molar-refractivity contribution in [2.24, 2.45) is 0 Å². The molecule has 6 nitrogen and oxygen atoms in total. The molecule has 0 bridgehead atoms. The molecule has 0 saturated carbocycles. The molecule has 0 aliphatic carbocycles. The van der Waals surface area contributed by atoms with E-state index in [1.165, 1.54) is 31.0 Å². The molecule has 0 radical (unpaired) electrons. The van der Waals surface area contributed by atoms with Crippen LogP contribution in [0.1, 0.15) is 12.8 Å². The minimum atomic E-state index is -0.537. The van der Waals surface area contributed by atoms with Crippen LogP contribution in [0.15, 0.2) is 54.6 Å². The van der Waals surface area contributed by atoms with Crippen molar-refractivity contribution in [3.63, 3.8) is 0 Å². The van der Waals surface area contributed by atoms with Crippen molar-refractivity contribution in [3.05, 3.63) is 65.4 Å². The van der Waals surface area contributed by atoms with Gasteiger partial charge in [0.25, 0.3) is 0 Å². The van der Waals surface area contributed by atoms with Gasteiger partial charge in [0.05, 0.1) is 10.7 Å². The van der Waals surface area contributed by atoms with Crippen LogP contribution < -0.4 is 15.5 Å². The van der Waals surface area contributed by atoms with Crippen LogP contribution in [0.4, 0.5) is 26.4 Å². The van der Waals surface area contributed by atoms with E-state index in [9.17, 15) is 9.18 Å². The molecule has 3 aromatic rings. The van der Waals surface area contributed by atoms with Crippen molar-refractivity contribution in [1.29, 1.82) is 0 Å². The second kappa shape index (κ2) is 8.45. The molecule has 1 aromatic heterocycles. The third-order valence-corrected chi connectivity index (χ3v) is 4.99. The first kappa shape index (κ1) is 19.1. The number of nitrogens with one attached hydrogen (secondary N) is 2. The fourth-order valence-corrected chi connectivity index (χ4v) is 3.37. The maximum absolute atomic E-state index is 13.2. The van der Waals surface area contributed by atoms with E-state index in [4.69, 9.17) is 11.6 Å². The number of hydrogen-bond acceptors (Lipinski definition) is 4. The summed E-state index contributed by atoms with van der Waals surface area (Å²) < 4.78 is 13.2. The zero-order valence-electron chi connectivity index (χ0n) is 15.5. The Morgan fingerprint density at radius 1 is 0.931 bits per heavy atom. The molecule has 0 atom stereocenters. The summed E-state index contributed by atoms with van der Waals surface area (Å²) in [5.74, 6) is 0.367. The molecule has 1 aliphatic heterocycles. The van der Waals surface area contributed by atoms with Gasteiger partial charge < -0.3 is 15.5 Å². The number of aromatic nitrogens is 2. The van der Waals surface area contributed by atoms with Gasteiger partial charge in [-0.3, -0.25) is 0 Å². The molecule has 0 unspecified atom stereocenters. The Kier molecular flexibility index (Phi) is 5.57. The maximum atomic E-state index is 13.2. The molecule has 4 rings (SSSR count). The van der Waals surface area contributed by atoms with E-state index in [0.717, 1.165) is 30.2 Å². The summed E-state index contributed by atoms with van der Waals surface area (Å²) in [4.78, 5) is 14.3. The van der Waals surface area contributed by atoms with Crippen LogP contribution >= 0.6 is 11.6 Å². The van der Waals surface area contributed by atoms with Crippen molar-refractivity contribution < 1.29 is 9.18 Å². The molecule has 1 aliphatic rings. The fraction of sp³-hybridized carbons (Fsp3) is 0.190. The topological polar surface area (TPSA) is 70.2 Å². The van der Waals surface area contributed by atoms with Crippen molar-refractivity contribution >= 4 is 34.8 Å². The van der Waals surface area contributed by atoms with Gasteiger partial charge in [-0.15, -0.1) is 10.2 Å². The first-order valence-electron chi connectivity index (χ1n) is 9.31. The molecule has 0 spiro atoms. The zero-order valence-corrected chi connectivity index (χ0v) is 16.3. The molecule has 2 amide bonds. The number of amides is 2. The lowest BCUT2D eigenvalue weighted by atomic mass is 10.1. The average Bonchev–Trinajstić information content (AvgIpc) is 3.26. The predicted octanol–water partition coefficient (Wildman–Crippen LogP) is 5.18. The quantitative estimate of drug-likeness (QED) is 0.620. The van der Waals surface area contributed by atoms with Crippen LogP contribution in [0.5, 0.6) is 0 Å². The smallest absolute Gasteiger partial charge is 0.323 e. The highest BCUT2D eigenvalue weighted by atomic mass is 35.5. The van der Waals surface area contributed by atoms with Gasteiger partial charge in [0.15, 0.2) is 5.82 Å². The molecule has 1 saturated heterocycles. The van der Waals surface area contributed by atoms with Gasteiger partial charge >= 0.3 is 6.03 Å². The van der Waals surface area contributed by atoms with E-state index in [0.29, 0.717) is 11.4 Å². The van der Waals surface area contributed by atoms with Crippen molar-refractivity contribution in [2.75, 3.05) is 28.6 Å². The number of urea groups is 1. The monoisotopic (exact) mass is 411 g/mol. The number of benzene rings is 2. The average molecular weight is 412 g/mol. The maximum Gasteiger partial charge on any atom is 0.323 e. The third kappa shape index (κ3) is 4.63. The normalized spacial score (nSPS) is 13.4. The Hall–Kier alpha value is -3.19. The molecule has 2 aromatic carbocycles. The minimum Gasteiger partial charge on any atom is -0.355 e. The Morgan fingerprint density at radius 2 is 1.62 bits per heavy atom. The SMILES string of the molecule is O=C(Nc1ccc(-c2ccc(N3CCCC3)nn2)cc1)Nc1ccc(F)c(Cl)c1. The van der Waals surface area contributed by atoms with Crippen molar-refractivity contribution in [2.45, 2.75) is 12.8 Å². The zero-order chi connectivity index (χ0) is 20.2. The summed E-state index contributed by atoms with van der Waals surface area (Å²) in [6.07, 6.45) is 2.39. The lowest BCUT2D eigenvalue weighted by Crippen LogP contribution is -2.19. The summed E-state index contributed by atoms with van der Waals surface area (Å²) in [6.45, 7) is 2.06. The lowest BCUT2D eigenvalue weighted by molar-refractivity contribution is 0.262. The Bertz CT molecular complexity index is 1000. The Balaban J connectivity index is 1.38. The molecule has 148 valence electrons. The van der Waals surface area contributed by atoms with E-state index in [1.54, 1.807) is 12.1 Å². The van der Waals surface area contributed by atoms with Gasteiger partial charge in [-0.1, -0.05) is 23.7 Å². The number of halogens is 2. The largest absolute Gasteiger partial charge is 0.355 e. The van der Waals surface area contributed by atoms with Crippen LogP contribution in [0.2, 0.25) is 5.02 Å². The third-order valence-electron chi connectivity index (χ3n) is 4.70. The van der Waals surface area contributed by atoms with Crippen LogP contribution in [-0.2, 0) is 0 Å². The van der Waals surface area contributed by atoms with Gasteiger partial charge in [-0.25, -0.2) is 9.18 Å². The van der Waals surface area contributed by atoms with Crippen LogP contribution in [0.25, 0.3) is 11.3 Å². The number of rotatable bonds is 4. The van der Waals surface area contributed by atoms with E-state index >= 15 is 0 Å². The van der Waals surface area contributed by atoms with Crippen molar-refractivity contribution in [1.82, 2.24) is 10.2 Å². The molecule has 2 N–H and O–H groups in total. The Labute approximate surface area is 172 Å². The minimum absolute atomic E-state index is 0.0518. The highest BCUT2D eigenvalue weighted by Gasteiger charge is 2.14. The number of carbonyl (C=O) groups excluding carboxylic acids is 1. The van der Waals surface area contributed by atoms with Crippen LogP contribution in [-0.4, -0.2) is 29.3 Å². The summed E-state index contributed by atoms with van der Waals surface area (Å²) in [5.41, 5.74) is 2.69. The van der Waals surface area contributed by atoms with E-state index in [2.05, 4.69) is 25.7 Å². The van der Waals surface area contributed by atoms with Crippen LogP contribution in [0, 0.1) is 5.82 Å². The molecular formula is C21H19ClFN5O. The molecule has 2 heterocycles. The first-order chi connectivity index (χ1) is 14.1. The summed E-state index contributed by atoms with van der Waals surface area (Å²) in [7, 11) is 0. The fourth-order valence-electron chi connectivity index (χ4n) is 3.19. The molecule has 29 heavy (non-hydrogen) atoms. The van der Waals surface area contributed by atoms with E-state index < -0.39 is 11.8 Å². The second-order valence-corrected chi connectivity index (χ2v) is 7.16. The van der Waals surface area contributed by atoms with Gasteiger partial charge in [0.2, 0.25) is 0 Å². The number of hydrogen-bond donors (Lipinski definition) is 2. The molecule has 8 heteroatoms. The standard InChI is InChI=1S/C21H19ClFN5O/c22-17-13-16(7-8-18(17)23)25-21(29)24-15-5-3-14(4-6-15)19-9-10-20(27-26-19)28-11-1-2-12-28/h3-10,13H,1-2,11-12H2,(H2,24,25,29). The predicted molar refractivity (Wildman–Crippen MR) is 113 cm³/mol. The highest BCUT2D eigenvalue weighted by Crippen LogP contribution is 2.23. The van der Waals surface area contributed by atoms with E-state index in [1.807, 2.05) is 24.3 Å². The summed E-state index contributed by atoms with van der Waals surface area (Å²) in [5, 5.41) is 13.9. The summed E-state index contributed by atoms with van der Waals surface area (Å²) >= 11 is 5.72. The van der Waals surface area contributed by atoms with Gasteiger partial charge in [-0.2, -0.15) is 0 Å². The van der Waals surface area contributed by atoms with Gasteiger partial charge in [0, 0.05) is 30.0 Å². The number of nitrogens with zero attached hydrogens (tertiary/aromatic N) is 3. The number of anilines is 3. The summed E-state index contributed by atoms with van der Waals surface area (Å²) in [6, 6.07) is 14.8. The van der Waals surface area contributed by atoms with E-state index in [-0.39, 0.29) is 5.02 Å². The number of carbonyl (C=O) groups is 1. The highest BCUT2D eigenvalue weighted by molar-refractivity contribution is 6.31. The molecule has 1 fully saturated rings. The Morgan fingerprint density at radius 3 is 2.28 bits per heavy atom. The molecular weight excluding hydrogens is 393 g/mol.